The maximum absolute atomic E-state index is 13.3. The standard InChI is InChI=1S/C23H24N4O3/c1-29-22-7-3-2-6-19(22)20-13-21(26-25-20)23(28)27-15-8-9-16(27)12-18(11-15)30-17-5-4-10-24-14-17/h2-7,10,13-16,18H,8-9,11-12H2,1H3,(H,25,26). The van der Waals surface area contributed by atoms with E-state index in [0.29, 0.717) is 11.4 Å². The minimum atomic E-state index is 0.0102. The van der Waals surface area contributed by atoms with Crippen molar-refractivity contribution >= 4 is 5.91 Å². The van der Waals surface area contributed by atoms with E-state index in [9.17, 15) is 4.79 Å². The van der Waals surface area contributed by atoms with Crippen LogP contribution in [0.2, 0.25) is 0 Å². The molecule has 0 saturated carbocycles. The summed E-state index contributed by atoms with van der Waals surface area (Å²) in [5, 5.41) is 7.30. The molecule has 2 aliphatic heterocycles. The lowest BCUT2D eigenvalue weighted by Crippen LogP contribution is -2.49. The molecule has 0 radical (unpaired) electrons. The Morgan fingerprint density at radius 2 is 1.93 bits per heavy atom. The molecule has 2 aromatic heterocycles. The highest BCUT2D eigenvalue weighted by molar-refractivity contribution is 5.94. The molecule has 1 N–H and O–H groups in total. The molecule has 2 fully saturated rings. The zero-order valence-corrected chi connectivity index (χ0v) is 16.8. The Labute approximate surface area is 175 Å². The lowest BCUT2D eigenvalue weighted by molar-refractivity contribution is 0.0353. The fraction of sp³-hybridized carbons (Fsp3) is 0.348. The van der Waals surface area contributed by atoms with Crippen LogP contribution in [0.15, 0.2) is 54.9 Å². The van der Waals surface area contributed by atoms with E-state index in [2.05, 4.69) is 15.2 Å². The second-order valence-corrected chi connectivity index (χ2v) is 7.86. The zero-order chi connectivity index (χ0) is 20.5. The van der Waals surface area contributed by atoms with Crippen LogP contribution in [0.25, 0.3) is 11.3 Å². The number of pyridine rings is 1. The van der Waals surface area contributed by atoms with Crippen molar-refractivity contribution < 1.29 is 14.3 Å². The summed E-state index contributed by atoms with van der Waals surface area (Å²) in [4.78, 5) is 19.4. The number of aromatic amines is 1. The number of hydrogen-bond donors (Lipinski definition) is 1. The first kappa shape index (κ1) is 18.7. The van der Waals surface area contributed by atoms with Gasteiger partial charge in [-0.15, -0.1) is 0 Å². The number of para-hydroxylation sites is 1. The van der Waals surface area contributed by atoms with Crippen molar-refractivity contribution in [1.82, 2.24) is 20.1 Å². The van der Waals surface area contributed by atoms with Crippen LogP contribution in [0.3, 0.4) is 0 Å². The molecule has 30 heavy (non-hydrogen) atoms. The lowest BCUT2D eigenvalue weighted by Gasteiger charge is -2.38. The number of amides is 1. The molecule has 0 spiro atoms. The van der Waals surface area contributed by atoms with E-state index in [4.69, 9.17) is 9.47 Å². The van der Waals surface area contributed by atoms with Crippen LogP contribution < -0.4 is 9.47 Å². The van der Waals surface area contributed by atoms with E-state index >= 15 is 0 Å². The zero-order valence-electron chi connectivity index (χ0n) is 16.8. The maximum atomic E-state index is 13.3. The number of carbonyl (C=O) groups excluding carboxylic acids is 1. The first-order chi connectivity index (χ1) is 14.7. The van der Waals surface area contributed by atoms with Gasteiger partial charge in [-0.1, -0.05) is 12.1 Å². The van der Waals surface area contributed by atoms with E-state index in [1.54, 1.807) is 19.5 Å². The molecule has 5 rings (SSSR count). The molecular formula is C23H24N4O3. The summed E-state index contributed by atoms with van der Waals surface area (Å²) in [7, 11) is 1.63. The maximum Gasteiger partial charge on any atom is 0.272 e. The molecule has 2 saturated heterocycles. The first-order valence-corrected chi connectivity index (χ1v) is 10.3. The molecule has 7 heteroatoms. The summed E-state index contributed by atoms with van der Waals surface area (Å²) in [5.74, 6) is 1.53. The number of benzene rings is 1. The molecule has 2 aliphatic rings. The summed E-state index contributed by atoms with van der Waals surface area (Å²) in [6, 6.07) is 13.7. The Kier molecular flexibility index (Phi) is 4.86. The number of piperidine rings is 1. The van der Waals surface area contributed by atoms with Crippen molar-refractivity contribution in [2.24, 2.45) is 0 Å². The van der Waals surface area contributed by atoms with Crippen LogP contribution in [0.4, 0.5) is 0 Å². The van der Waals surface area contributed by atoms with Gasteiger partial charge in [0.2, 0.25) is 0 Å². The second-order valence-electron chi connectivity index (χ2n) is 7.86. The second kappa shape index (κ2) is 7.82. The third-order valence-electron chi connectivity index (χ3n) is 6.05. The fourth-order valence-corrected chi connectivity index (χ4v) is 4.73. The third kappa shape index (κ3) is 3.40. The minimum absolute atomic E-state index is 0.0102. The molecule has 1 amide bonds. The van der Waals surface area contributed by atoms with Crippen molar-refractivity contribution in [3.05, 3.63) is 60.6 Å². The number of ether oxygens (including phenoxy) is 2. The molecule has 7 nitrogen and oxygen atoms in total. The monoisotopic (exact) mass is 404 g/mol. The van der Waals surface area contributed by atoms with Gasteiger partial charge in [-0.2, -0.15) is 5.10 Å². The van der Waals surface area contributed by atoms with Crippen LogP contribution >= 0.6 is 0 Å². The number of H-pyrrole nitrogens is 1. The average Bonchev–Trinajstić information content (AvgIpc) is 3.37. The molecule has 3 aromatic rings. The molecule has 2 atom stereocenters. The van der Waals surface area contributed by atoms with Gasteiger partial charge >= 0.3 is 0 Å². The smallest absolute Gasteiger partial charge is 0.272 e. The van der Waals surface area contributed by atoms with E-state index in [1.807, 2.05) is 47.4 Å². The Bertz CT molecular complexity index is 1020. The van der Waals surface area contributed by atoms with Gasteiger partial charge in [-0.3, -0.25) is 14.9 Å². The van der Waals surface area contributed by atoms with Gasteiger partial charge < -0.3 is 14.4 Å². The summed E-state index contributed by atoms with van der Waals surface area (Å²) in [5.41, 5.74) is 2.08. The molecule has 4 heterocycles. The van der Waals surface area contributed by atoms with Crippen LogP contribution in [-0.4, -0.2) is 51.3 Å². The molecule has 2 bridgehead atoms. The minimum Gasteiger partial charge on any atom is -0.496 e. The van der Waals surface area contributed by atoms with E-state index in [1.165, 1.54) is 0 Å². The van der Waals surface area contributed by atoms with Crippen LogP contribution in [-0.2, 0) is 0 Å². The predicted molar refractivity (Wildman–Crippen MR) is 111 cm³/mol. The lowest BCUT2D eigenvalue weighted by atomic mass is 9.99. The quantitative estimate of drug-likeness (QED) is 0.701. The molecule has 154 valence electrons. The van der Waals surface area contributed by atoms with Gasteiger partial charge in [0.25, 0.3) is 5.91 Å². The number of nitrogens with zero attached hydrogens (tertiary/aromatic N) is 3. The summed E-state index contributed by atoms with van der Waals surface area (Å²) in [6.07, 6.45) is 7.29. The average molecular weight is 404 g/mol. The van der Waals surface area contributed by atoms with Crippen molar-refractivity contribution in [3.63, 3.8) is 0 Å². The Hall–Kier alpha value is -3.35. The van der Waals surface area contributed by atoms with Crippen molar-refractivity contribution in [3.8, 4) is 22.8 Å². The van der Waals surface area contributed by atoms with Gasteiger partial charge in [-0.05, 0) is 43.2 Å². The number of carbonyl (C=O) groups is 1. The highest BCUT2D eigenvalue weighted by atomic mass is 16.5. The topological polar surface area (TPSA) is 80.3 Å². The van der Waals surface area contributed by atoms with Crippen LogP contribution in [0.1, 0.15) is 36.2 Å². The molecule has 1 aromatic carbocycles. The molecule has 0 aliphatic carbocycles. The summed E-state index contributed by atoms with van der Waals surface area (Å²) < 4.78 is 11.5. The fourth-order valence-electron chi connectivity index (χ4n) is 4.73. The molecular weight excluding hydrogens is 380 g/mol. The van der Waals surface area contributed by atoms with E-state index in [0.717, 1.165) is 42.7 Å². The van der Waals surface area contributed by atoms with Crippen LogP contribution in [0.5, 0.6) is 11.5 Å². The number of nitrogens with one attached hydrogen (secondary N) is 1. The largest absolute Gasteiger partial charge is 0.496 e. The third-order valence-corrected chi connectivity index (χ3v) is 6.05. The Morgan fingerprint density at radius 1 is 1.13 bits per heavy atom. The normalized spacial score (nSPS) is 22.7. The van der Waals surface area contributed by atoms with Gasteiger partial charge in [-0.25, -0.2) is 0 Å². The summed E-state index contributed by atoms with van der Waals surface area (Å²) in [6.45, 7) is 0. The number of rotatable bonds is 5. The SMILES string of the molecule is COc1ccccc1-c1cc(C(=O)N2C3CCC2CC(Oc2cccnc2)C3)[nH]n1. The highest BCUT2D eigenvalue weighted by Gasteiger charge is 2.44. The van der Waals surface area contributed by atoms with Crippen LogP contribution in [0, 0.1) is 0 Å². The Balaban J connectivity index is 1.31. The van der Waals surface area contributed by atoms with Crippen molar-refractivity contribution in [2.45, 2.75) is 43.9 Å². The number of hydrogen-bond acceptors (Lipinski definition) is 5. The Morgan fingerprint density at radius 3 is 2.67 bits per heavy atom. The van der Waals surface area contributed by atoms with E-state index in [-0.39, 0.29) is 24.1 Å². The summed E-state index contributed by atoms with van der Waals surface area (Å²) >= 11 is 0. The van der Waals surface area contributed by atoms with Gasteiger partial charge in [0.05, 0.1) is 19.0 Å². The van der Waals surface area contributed by atoms with Gasteiger partial charge in [0.15, 0.2) is 0 Å². The van der Waals surface area contributed by atoms with Crippen molar-refractivity contribution in [1.29, 1.82) is 0 Å². The number of aromatic nitrogens is 3. The molecule has 2 unspecified atom stereocenters. The first-order valence-electron chi connectivity index (χ1n) is 10.3. The predicted octanol–water partition coefficient (Wildman–Crippen LogP) is 3.69. The number of methoxy groups -OCH3 is 1. The van der Waals surface area contributed by atoms with Gasteiger partial charge in [0, 0.05) is 36.7 Å². The van der Waals surface area contributed by atoms with E-state index < -0.39 is 0 Å². The van der Waals surface area contributed by atoms with Gasteiger partial charge in [0.1, 0.15) is 23.3 Å². The number of fused-ring (bicyclic) bond motifs is 2. The highest BCUT2D eigenvalue weighted by Crippen LogP contribution is 2.38. The van der Waals surface area contributed by atoms with Crippen molar-refractivity contribution in [2.75, 3.05) is 7.11 Å².